The molecule has 0 saturated heterocycles. The van der Waals surface area contributed by atoms with E-state index >= 15 is 0 Å². The highest BCUT2D eigenvalue weighted by Crippen LogP contribution is 2.12. The van der Waals surface area contributed by atoms with Crippen LogP contribution in [0.4, 0.5) is 5.69 Å². The normalized spacial score (nSPS) is 10.3. The zero-order valence-electron chi connectivity index (χ0n) is 10.7. The van der Waals surface area contributed by atoms with Gasteiger partial charge in [0.25, 0.3) is 0 Å². The van der Waals surface area contributed by atoms with Crippen LogP contribution in [0.15, 0.2) is 54.6 Å². The summed E-state index contributed by atoms with van der Waals surface area (Å²) in [6, 6.07) is 19.2. The first-order valence-electron chi connectivity index (χ1n) is 6.27. The van der Waals surface area contributed by atoms with Gasteiger partial charge >= 0.3 is 0 Å². The standard InChI is InChI=1S/C16H19NS/c1-14-7-9-16(10-8-14)17-11-12-18-13-15-5-3-2-4-6-15/h2-10,17H,11-13H2,1H3. The number of hydrogen-bond donors (Lipinski definition) is 1. The summed E-state index contributed by atoms with van der Waals surface area (Å²) in [6.45, 7) is 3.13. The predicted molar refractivity (Wildman–Crippen MR) is 82.3 cm³/mol. The molecule has 18 heavy (non-hydrogen) atoms. The summed E-state index contributed by atoms with van der Waals surface area (Å²) in [6.07, 6.45) is 0. The second-order valence-corrected chi connectivity index (χ2v) is 5.44. The molecule has 0 spiro atoms. The Bertz CT molecular complexity index is 450. The number of nitrogens with one attached hydrogen (secondary N) is 1. The van der Waals surface area contributed by atoms with Gasteiger partial charge in [-0.05, 0) is 24.6 Å². The molecule has 0 aliphatic carbocycles. The Kier molecular flexibility index (Phi) is 5.15. The first-order valence-corrected chi connectivity index (χ1v) is 7.42. The van der Waals surface area contributed by atoms with Crippen LogP contribution in [-0.2, 0) is 5.75 Å². The van der Waals surface area contributed by atoms with E-state index in [0.29, 0.717) is 0 Å². The minimum atomic E-state index is 1.01. The SMILES string of the molecule is Cc1ccc(NCCSCc2ccccc2)cc1. The Morgan fingerprint density at radius 2 is 1.67 bits per heavy atom. The lowest BCUT2D eigenvalue weighted by atomic mass is 10.2. The summed E-state index contributed by atoms with van der Waals surface area (Å²) >= 11 is 1.97. The Morgan fingerprint density at radius 3 is 2.39 bits per heavy atom. The summed E-state index contributed by atoms with van der Waals surface area (Å²) in [5.41, 5.74) is 3.91. The summed E-state index contributed by atoms with van der Waals surface area (Å²) in [7, 11) is 0. The van der Waals surface area contributed by atoms with Crippen LogP contribution in [0, 0.1) is 6.92 Å². The minimum absolute atomic E-state index is 1.01. The van der Waals surface area contributed by atoms with E-state index in [2.05, 4.69) is 66.8 Å². The Morgan fingerprint density at radius 1 is 0.944 bits per heavy atom. The van der Waals surface area contributed by atoms with Crippen molar-refractivity contribution in [3.05, 3.63) is 65.7 Å². The molecule has 2 heteroatoms. The van der Waals surface area contributed by atoms with Gasteiger partial charge in [-0.1, -0.05) is 48.0 Å². The molecule has 2 aromatic rings. The molecule has 0 bridgehead atoms. The average molecular weight is 257 g/mol. The lowest BCUT2D eigenvalue weighted by Gasteiger charge is -2.06. The molecule has 0 atom stereocenters. The highest BCUT2D eigenvalue weighted by Gasteiger charge is 1.94. The van der Waals surface area contributed by atoms with E-state index in [1.165, 1.54) is 16.8 Å². The summed E-state index contributed by atoms with van der Waals surface area (Å²) in [5, 5.41) is 3.44. The van der Waals surface area contributed by atoms with Crippen LogP contribution in [0.25, 0.3) is 0 Å². The largest absolute Gasteiger partial charge is 0.384 e. The topological polar surface area (TPSA) is 12.0 Å². The molecule has 1 N–H and O–H groups in total. The van der Waals surface area contributed by atoms with Crippen LogP contribution in [-0.4, -0.2) is 12.3 Å². The fraction of sp³-hybridized carbons (Fsp3) is 0.250. The quantitative estimate of drug-likeness (QED) is 0.773. The van der Waals surface area contributed by atoms with E-state index in [1.54, 1.807) is 0 Å². The second-order valence-electron chi connectivity index (χ2n) is 4.33. The van der Waals surface area contributed by atoms with Crippen LogP contribution < -0.4 is 5.32 Å². The van der Waals surface area contributed by atoms with Crippen LogP contribution in [0.1, 0.15) is 11.1 Å². The van der Waals surface area contributed by atoms with Gasteiger partial charge in [0.2, 0.25) is 0 Å². The van der Waals surface area contributed by atoms with Crippen molar-refractivity contribution in [3.8, 4) is 0 Å². The number of hydrogen-bond acceptors (Lipinski definition) is 2. The van der Waals surface area contributed by atoms with Crippen molar-refractivity contribution in [1.29, 1.82) is 0 Å². The van der Waals surface area contributed by atoms with E-state index in [-0.39, 0.29) is 0 Å². The predicted octanol–water partition coefficient (Wildman–Crippen LogP) is 4.34. The zero-order chi connectivity index (χ0) is 12.6. The number of benzene rings is 2. The third-order valence-electron chi connectivity index (χ3n) is 2.74. The van der Waals surface area contributed by atoms with Crippen molar-refractivity contribution in [2.24, 2.45) is 0 Å². The molecule has 0 radical (unpaired) electrons. The zero-order valence-corrected chi connectivity index (χ0v) is 11.5. The van der Waals surface area contributed by atoms with Gasteiger partial charge in [-0.25, -0.2) is 0 Å². The van der Waals surface area contributed by atoms with Gasteiger partial charge in [0.05, 0.1) is 0 Å². The molecule has 0 amide bonds. The molecular weight excluding hydrogens is 238 g/mol. The lowest BCUT2D eigenvalue weighted by Crippen LogP contribution is -2.04. The van der Waals surface area contributed by atoms with Gasteiger partial charge in [0.15, 0.2) is 0 Å². The van der Waals surface area contributed by atoms with Crippen molar-refractivity contribution in [1.82, 2.24) is 0 Å². The van der Waals surface area contributed by atoms with Crippen molar-refractivity contribution in [2.75, 3.05) is 17.6 Å². The molecular formula is C16H19NS. The fourth-order valence-corrected chi connectivity index (χ4v) is 2.52. The maximum absolute atomic E-state index is 3.44. The minimum Gasteiger partial charge on any atom is -0.384 e. The molecule has 2 rings (SSSR count). The Balaban J connectivity index is 1.63. The third kappa shape index (κ3) is 4.46. The number of rotatable bonds is 6. The monoisotopic (exact) mass is 257 g/mol. The van der Waals surface area contributed by atoms with E-state index in [0.717, 1.165) is 18.1 Å². The van der Waals surface area contributed by atoms with Crippen molar-refractivity contribution < 1.29 is 0 Å². The van der Waals surface area contributed by atoms with E-state index < -0.39 is 0 Å². The molecule has 0 heterocycles. The first-order chi connectivity index (χ1) is 8.84. The first kappa shape index (κ1) is 13.0. The fourth-order valence-electron chi connectivity index (χ4n) is 1.70. The smallest absolute Gasteiger partial charge is 0.0340 e. The Hall–Kier alpha value is -1.41. The van der Waals surface area contributed by atoms with Gasteiger partial charge < -0.3 is 5.32 Å². The summed E-state index contributed by atoms with van der Waals surface area (Å²) in [4.78, 5) is 0. The van der Waals surface area contributed by atoms with E-state index in [1.807, 2.05) is 11.8 Å². The van der Waals surface area contributed by atoms with Crippen molar-refractivity contribution in [2.45, 2.75) is 12.7 Å². The average Bonchev–Trinajstić information content (AvgIpc) is 2.42. The molecule has 0 unspecified atom stereocenters. The molecule has 0 aliphatic heterocycles. The van der Waals surface area contributed by atoms with Crippen molar-refractivity contribution in [3.63, 3.8) is 0 Å². The van der Waals surface area contributed by atoms with Gasteiger partial charge in [-0.15, -0.1) is 0 Å². The summed E-state index contributed by atoms with van der Waals surface area (Å²) < 4.78 is 0. The molecule has 0 fully saturated rings. The van der Waals surface area contributed by atoms with Gasteiger partial charge in [-0.2, -0.15) is 11.8 Å². The second kappa shape index (κ2) is 7.12. The highest BCUT2D eigenvalue weighted by atomic mass is 32.2. The maximum Gasteiger partial charge on any atom is 0.0340 e. The molecule has 0 aliphatic rings. The highest BCUT2D eigenvalue weighted by molar-refractivity contribution is 7.98. The lowest BCUT2D eigenvalue weighted by molar-refractivity contribution is 1.22. The molecule has 1 nitrogen and oxygen atoms in total. The van der Waals surface area contributed by atoms with Crippen LogP contribution in [0.5, 0.6) is 0 Å². The van der Waals surface area contributed by atoms with Crippen LogP contribution >= 0.6 is 11.8 Å². The molecule has 0 aromatic heterocycles. The van der Waals surface area contributed by atoms with Crippen LogP contribution in [0.2, 0.25) is 0 Å². The van der Waals surface area contributed by atoms with E-state index in [9.17, 15) is 0 Å². The number of aryl methyl sites for hydroxylation is 1. The summed E-state index contributed by atoms with van der Waals surface area (Å²) in [5.74, 6) is 2.22. The molecule has 94 valence electrons. The van der Waals surface area contributed by atoms with Gasteiger partial charge in [0, 0.05) is 23.7 Å². The van der Waals surface area contributed by atoms with Gasteiger partial charge in [0.1, 0.15) is 0 Å². The third-order valence-corrected chi connectivity index (χ3v) is 3.77. The number of anilines is 1. The molecule has 2 aromatic carbocycles. The molecule has 0 saturated carbocycles. The van der Waals surface area contributed by atoms with Crippen LogP contribution in [0.3, 0.4) is 0 Å². The van der Waals surface area contributed by atoms with Gasteiger partial charge in [-0.3, -0.25) is 0 Å². The Labute approximate surface area is 114 Å². The van der Waals surface area contributed by atoms with Crippen molar-refractivity contribution >= 4 is 17.4 Å². The van der Waals surface area contributed by atoms with E-state index in [4.69, 9.17) is 0 Å². The number of thioether (sulfide) groups is 1. The maximum atomic E-state index is 3.44.